The molecule has 1 aromatic rings. The lowest BCUT2D eigenvalue weighted by molar-refractivity contribution is -0.255. The maximum absolute atomic E-state index is 11.2. The molecule has 18 heavy (non-hydrogen) atoms. The van der Waals surface area contributed by atoms with E-state index >= 15 is 0 Å². The molecule has 0 aliphatic rings. The number of rotatable bonds is 4. The Morgan fingerprint density at radius 3 is 1.72 bits per heavy atom. The van der Waals surface area contributed by atoms with Gasteiger partial charge in [0, 0.05) is 11.1 Å². The Kier molecular flexibility index (Phi) is 3.71. The Hall–Kier alpha value is -2.36. The molecule has 0 unspecified atom stereocenters. The quantitative estimate of drug-likeness (QED) is 0.771. The lowest BCUT2D eigenvalue weighted by Crippen LogP contribution is -2.29. The number of benzene rings is 1. The van der Waals surface area contributed by atoms with Crippen LogP contribution in [0, 0.1) is 0 Å². The average Bonchev–Trinajstić information content (AvgIpc) is 2.26. The standard InChI is InChI=1S/C14H14O4/c1-7(2)9-5-6-10(13(15)16)11(8(3)4)12(9)14(17)18/h5-6H,1,3H2,2,4H3,(H,15,16)(H,17,18)/p-2. The fourth-order valence-electron chi connectivity index (χ4n) is 1.78. The molecule has 1 aromatic carbocycles. The summed E-state index contributed by atoms with van der Waals surface area (Å²) in [6.07, 6.45) is 0. The van der Waals surface area contributed by atoms with Crippen molar-refractivity contribution in [2.75, 3.05) is 0 Å². The summed E-state index contributed by atoms with van der Waals surface area (Å²) in [5.41, 5.74) is 0.745. The van der Waals surface area contributed by atoms with Gasteiger partial charge in [-0.25, -0.2) is 0 Å². The summed E-state index contributed by atoms with van der Waals surface area (Å²) in [7, 11) is 0. The molecule has 0 fully saturated rings. The predicted octanol–water partition coefficient (Wildman–Crippen LogP) is 0.480. The molecular formula is C14H12O4-2. The van der Waals surface area contributed by atoms with Crippen molar-refractivity contribution in [3.63, 3.8) is 0 Å². The van der Waals surface area contributed by atoms with E-state index in [9.17, 15) is 19.8 Å². The highest BCUT2D eigenvalue weighted by atomic mass is 16.4. The largest absolute Gasteiger partial charge is 0.545 e. The molecule has 0 amide bonds. The third-order valence-corrected chi connectivity index (χ3v) is 2.52. The Balaban J connectivity index is 3.82. The van der Waals surface area contributed by atoms with Gasteiger partial charge in [-0.2, -0.15) is 0 Å². The monoisotopic (exact) mass is 244 g/mol. The number of hydrogen-bond donors (Lipinski definition) is 0. The van der Waals surface area contributed by atoms with Crippen LogP contribution >= 0.6 is 0 Å². The first-order chi connectivity index (χ1) is 8.27. The SMILES string of the molecule is C=C(C)c1ccc(C(=O)[O-])c(C(=C)C)c1C(=O)[O-]. The number of allylic oxidation sites excluding steroid dienone is 2. The molecule has 0 atom stereocenters. The van der Waals surface area contributed by atoms with Crippen LogP contribution in [0.15, 0.2) is 25.3 Å². The fraction of sp³-hybridized carbons (Fsp3) is 0.143. The maximum atomic E-state index is 11.2. The highest BCUT2D eigenvalue weighted by molar-refractivity contribution is 6.03. The molecule has 0 aliphatic carbocycles. The zero-order valence-electron chi connectivity index (χ0n) is 10.2. The van der Waals surface area contributed by atoms with E-state index in [1.807, 2.05) is 0 Å². The van der Waals surface area contributed by atoms with Crippen LogP contribution in [0.3, 0.4) is 0 Å². The van der Waals surface area contributed by atoms with Gasteiger partial charge in [-0.3, -0.25) is 0 Å². The van der Waals surface area contributed by atoms with Crippen LogP contribution in [0.4, 0.5) is 0 Å². The van der Waals surface area contributed by atoms with Gasteiger partial charge in [0.1, 0.15) is 0 Å². The highest BCUT2D eigenvalue weighted by Gasteiger charge is 2.15. The molecule has 0 N–H and O–H groups in total. The van der Waals surface area contributed by atoms with Crippen molar-refractivity contribution in [2.24, 2.45) is 0 Å². The molecule has 0 bridgehead atoms. The van der Waals surface area contributed by atoms with Crippen molar-refractivity contribution >= 4 is 23.1 Å². The molecule has 4 nitrogen and oxygen atoms in total. The van der Waals surface area contributed by atoms with E-state index < -0.39 is 11.9 Å². The fourth-order valence-corrected chi connectivity index (χ4v) is 1.78. The molecular weight excluding hydrogens is 232 g/mol. The van der Waals surface area contributed by atoms with Crippen LogP contribution in [0.5, 0.6) is 0 Å². The van der Waals surface area contributed by atoms with Crippen molar-refractivity contribution in [1.29, 1.82) is 0 Å². The Bertz CT molecular complexity index is 516. The minimum Gasteiger partial charge on any atom is -0.545 e. The normalized spacial score (nSPS) is 9.89. The summed E-state index contributed by atoms with van der Waals surface area (Å²) in [4.78, 5) is 22.2. The average molecular weight is 244 g/mol. The first-order valence-corrected chi connectivity index (χ1v) is 5.18. The molecule has 1 rings (SSSR count). The van der Waals surface area contributed by atoms with Crippen molar-refractivity contribution in [2.45, 2.75) is 13.8 Å². The zero-order chi connectivity index (χ0) is 14.0. The second-order valence-electron chi connectivity index (χ2n) is 4.05. The van der Waals surface area contributed by atoms with E-state index in [2.05, 4.69) is 13.2 Å². The van der Waals surface area contributed by atoms with E-state index in [4.69, 9.17) is 0 Å². The minimum absolute atomic E-state index is 0.0236. The van der Waals surface area contributed by atoms with Crippen LogP contribution in [-0.4, -0.2) is 11.9 Å². The second-order valence-corrected chi connectivity index (χ2v) is 4.05. The molecule has 0 heterocycles. The van der Waals surface area contributed by atoms with E-state index in [-0.39, 0.29) is 16.7 Å². The van der Waals surface area contributed by atoms with Crippen molar-refractivity contribution in [1.82, 2.24) is 0 Å². The lowest BCUT2D eigenvalue weighted by atomic mass is 9.89. The number of carboxylic acids is 2. The number of carbonyl (C=O) groups is 2. The first kappa shape index (κ1) is 13.7. The molecule has 0 saturated carbocycles. The maximum Gasteiger partial charge on any atom is 0.0727 e. The molecule has 94 valence electrons. The summed E-state index contributed by atoms with van der Waals surface area (Å²) in [5.74, 6) is -2.92. The van der Waals surface area contributed by atoms with Crippen LogP contribution in [-0.2, 0) is 0 Å². The van der Waals surface area contributed by atoms with Crippen molar-refractivity contribution < 1.29 is 19.8 Å². The predicted molar refractivity (Wildman–Crippen MR) is 64.5 cm³/mol. The van der Waals surface area contributed by atoms with E-state index in [0.717, 1.165) is 0 Å². The number of carboxylic acid groups (broad SMARTS) is 2. The van der Waals surface area contributed by atoms with Gasteiger partial charge in [0.15, 0.2) is 0 Å². The van der Waals surface area contributed by atoms with Crippen LogP contribution < -0.4 is 10.2 Å². The van der Waals surface area contributed by atoms with Crippen LogP contribution in [0.1, 0.15) is 45.7 Å². The molecule has 0 aliphatic heterocycles. The van der Waals surface area contributed by atoms with Crippen molar-refractivity contribution in [3.05, 3.63) is 47.5 Å². The van der Waals surface area contributed by atoms with Gasteiger partial charge in [-0.05, 0) is 30.5 Å². The van der Waals surface area contributed by atoms with Gasteiger partial charge in [-0.15, -0.1) is 0 Å². The van der Waals surface area contributed by atoms with E-state index in [0.29, 0.717) is 16.7 Å². The summed E-state index contributed by atoms with van der Waals surface area (Å²) >= 11 is 0. The second kappa shape index (κ2) is 4.87. The van der Waals surface area contributed by atoms with E-state index in [1.165, 1.54) is 19.1 Å². The smallest absolute Gasteiger partial charge is 0.0727 e. The highest BCUT2D eigenvalue weighted by Crippen LogP contribution is 2.28. The Morgan fingerprint density at radius 1 is 0.889 bits per heavy atom. The minimum atomic E-state index is -1.46. The number of carbonyl (C=O) groups excluding carboxylic acids is 2. The van der Waals surface area contributed by atoms with Gasteiger partial charge in [0.25, 0.3) is 0 Å². The number of aromatic carboxylic acids is 2. The van der Waals surface area contributed by atoms with Gasteiger partial charge in [0.2, 0.25) is 0 Å². The summed E-state index contributed by atoms with van der Waals surface area (Å²) < 4.78 is 0. The first-order valence-electron chi connectivity index (χ1n) is 5.18. The van der Waals surface area contributed by atoms with Gasteiger partial charge >= 0.3 is 0 Å². The Morgan fingerprint density at radius 2 is 1.39 bits per heavy atom. The van der Waals surface area contributed by atoms with Gasteiger partial charge < -0.3 is 19.8 Å². The Labute approximate surface area is 105 Å². The van der Waals surface area contributed by atoms with Crippen molar-refractivity contribution in [3.8, 4) is 0 Å². The summed E-state index contributed by atoms with van der Waals surface area (Å²) in [6, 6.07) is 2.67. The number of hydrogen-bond acceptors (Lipinski definition) is 4. The topological polar surface area (TPSA) is 80.3 Å². The van der Waals surface area contributed by atoms with Gasteiger partial charge in [-0.1, -0.05) is 30.9 Å². The molecule has 0 spiro atoms. The molecule has 0 saturated heterocycles. The lowest BCUT2D eigenvalue weighted by Gasteiger charge is -2.20. The third-order valence-electron chi connectivity index (χ3n) is 2.52. The molecule has 4 heteroatoms. The summed E-state index contributed by atoms with van der Waals surface area (Å²) in [6.45, 7) is 10.4. The zero-order valence-corrected chi connectivity index (χ0v) is 10.2. The van der Waals surface area contributed by atoms with Crippen LogP contribution in [0.25, 0.3) is 11.1 Å². The van der Waals surface area contributed by atoms with Crippen LogP contribution in [0.2, 0.25) is 0 Å². The van der Waals surface area contributed by atoms with E-state index in [1.54, 1.807) is 6.92 Å². The summed E-state index contributed by atoms with van der Waals surface area (Å²) in [5, 5.41) is 22.2. The molecule has 0 radical (unpaired) electrons. The van der Waals surface area contributed by atoms with Gasteiger partial charge in [0.05, 0.1) is 11.9 Å². The third kappa shape index (κ3) is 2.32. The molecule has 0 aromatic heterocycles.